The van der Waals surface area contributed by atoms with Gasteiger partial charge in [0.15, 0.2) is 0 Å². The number of rotatable bonds is 5. The third-order valence-corrected chi connectivity index (χ3v) is 4.85. The monoisotopic (exact) mass is 392 g/mol. The molecule has 7 heteroatoms. The Bertz CT molecular complexity index is 946. The van der Waals surface area contributed by atoms with Crippen molar-refractivity contribution in [1.29, 1.82) is 0 Å². The second kappa shape index (κ2) is 7.31. The largest absolute Gasteiger partial charge is 0.446 e. The molecule has 0 saturated heterocycles. The van der Waals surface area contributed by atoms with E-state index in [1.807, 2.05) is 44.3 Å². The molecule has 142 valence electrons. The van der Waals surface area contributed by atoms with Crippen LogP contribution in [0.15, 0.2) is 59.6 Å². The van der Waals surface area contributed by atoms with E-state index in [-0.39, 0.29) is 22.6 Å². The van der Waals surface area contributed by atoms with Crippen molar-refractivity contribution in [3.05, 3.63) is 65.9 Å². The summed E-state index contributed by atoms with van der Waals surface area (Å²) in [5.41, 5.74) is -2.42. The molecule has 0 bridgehead atoms. The quantitative estimate of drug-likeness (QED) is 0.561. The summed E-state index contributed by atoms with van der Waals surface area (Å²) < 4.78 is 37.2. The zero-order valence-corrected chi connectivity index (χ0v) is 15.7. The van der Waals surface area contributed by atoms with Gasteiger partial charge in [0.05, 0.1) is 0 Å². The number of carbonyl (C=O) groups excluding carboxylic acids is 1. The number of nitrogens with one attached hydrogen (secondary N) is 2. The summed E-state index contributed by atoms with van der Waals surface area (Å²) >= 11 is -0.197. The molecule has 0 aliphatic heterocycles. The highest BCUT2D eigenvalue weighted by Gasteiger charge is 2.29. The molecule has 0 atom stereocenters. The number of benzene rings is 2. The van der Waals surface area contributed by atoms with Gasteiger partial charge in [0.1, 0.15) is 0 Å². The fourth-order valence-electron chi connectivity index (χ4n) is 2.99. The van der Waals surface area contributed by atoms with Crippen LogP contribution >= 0.6 is 11.8 Å². The van der Waals surface area contributed by atoms with Gasteiger partial charge in [0.2, 0.25) is 0 Å². The molecule has 0 unspecified atom stereocenters. The first kappa shape index (κ1) is 19.4. The van der Waals surface area contributed by atoms with Gasteiger partial charge in [0, 0.05) is 33.1 Å². The third-order valence-electron chi connectivity index (χ3n) is 4.11. The van der Waals surface area contributed by atoms with Crippen LogP contribution in [0.2, 0.25) is 0 Å². The topological polar surface area (TPSA) is 44.9 Å². The lowest BCUT2D eigenvalue weighted by Crippen LogP contribution is -2.45. The molecule has 3 aromatic rings. The van der Waals surface area contributed by atoms with Gasteiger partial charge < -0.3 is 10.3 Å². The van der Waals surface area contributed by atoms with Crippen LogP contribution in [0, 0.1) is 0 Å². The Morgan fingerprint density at radius 3 is 2.41 bits per heavy atom. The number of H-pyrrole nitrogens is 1. The number of para-hydroxylation sites is 1. The maximum Gasteiger partial charge on any atom is 0.446 e. The van der Waals surface area contributed by atoms with Crippen molar-refractivity contribution in [2.75, 3.05) is 0 Å². The van der Waals surface area contributed by atoms with Gasteiger partial charge in [-0.2, -0.15) is 13.2 Å². The minimum Gasteiger partial charge on any atom is -0.361 e. The molecular weight excluding hydrogens is 373 g/mol. The number of aromatic amines is 1. The minimum atomic E-state index is -4.34. The van der Waals surface area contributed by atoms with Gasteiger partial charge in [-0.05, 0) is 67.9 Å². The Labute approximate surface area is 159 Å². The molecule has 0 aliphatic rings. The summed E-state index contributed by atoms with van der Waals surface area (Å²) in [7, 11) is 0. The van der Waals surface area contributed by atoms with E-state index in [0.29, 0.717) is 12.0 Å². The summed E-state index contributed by atoms with van der Waals surface area (Å²) in [4.78, 5) is 15.8. The molecule has 2 aromatic carbocycles. The molecular formula is C20H19F3N2OS. The number of thioether (sulfide) groups is 1. The van der Waals surface area contributed by atoms with E-state index in [2.05, 4.69) is 10.3 Å². The van der Waals surface area contributed by atoms with Crippen LogP contribution < -0.4 is 5.32 Å². The molecule has 0 fully saturated rings. The molecule has 3 nitrogen and oxygen atoms in total. The normalized spacial score (nSPS) is 12.3. The van der Waals surface area contributed by atoms with E-state index in [0.717, 1.165) is 16.5 Å². The number of carbonyl (C=O) groups is 1. The van der Waals surface area contributed by atoms with Gasteiger partial charge in [-0.1, -0.05) is 18.2 Å². The molecule has 3 rings (SSSR count). The smallest absolute Gasteiger partial charge is 0.361 e. The average Bonchev–Trinajstić information content (AvgIpc) is 2.96. The Morgan fingerprint density at radius 1 is 1.07 bits per heavy atom. The first-order valence-electron chi connectivity index (χ1n) is 8.36. The van der Waals surface area contributed by atoms with Crippen LogP contribution in [0.3, 0.4) is 0 Å². The van der Waals surface area contributed by atoms with Crippen LogP contribution in [0.4, 0.5) is 13.2 Å². The fourth-order valence-corrected chi connectivity index (χ4v) is 3.53. The van der Waals surface area contributed by atoms with Gasteiger partial charge in [-0.25, -0.2) is 0 Å². The van der Waals surface area contributed by atoms with Crippen LogP contribution in [0.5, 0.6) is 0 Å². The van der Waals surface area contributed by atoms with Crippen molar-refractivity contribution >= 4 is 28.6 Å². The summed E-state index contributed by atoms with van der Waals surface area (Å²) in [5.74, 6) is -0.316. The van der Waals surface area contributed by atoms with E-state index in [1.54, 1.807) is 0 Å². The first-order valence-corrected chi connectivity index (χ1v) is 9.18. The molecule has 1 heterocycles. The Balaban J connectivity index is 1.68. The predicted octanol–water partition coefficient (Wildman–Crippen LogP) is 5.53. The highest BCUT2D eigenvalue weighted by Crippen LogP contribution is 2.36. The first-order chi connectivity index (χ1) is 12.6. The van der Waals surface area contributed by atoms with Crippen molar-refractivity contribution in [2.24, 2.45) is 0 Å². The lowest BCUT2D eigenvalue weighted by molar-refractivity contribution is -0.0328. The fraction of sp³-hybridized carbons (Fsp3) is 0.250. The highest BCUT2D eigenvalue weighted by atomic mass is 32.2. The van der Waals surface area contributed by atoms with Crippen LogP contribution in [0.1, 0.15) is 29.8 Å². The van der Waals surface area contributed by atoms with Gasteiger partial charge in [-0.15, -0.1) is 0 Å². The summed E-state index contributed by atoms with van der Waals surface area (Å²) in [5, 5.41) is 4.07. The molecule has 0 aliphatic carbocycles. The van der Waals surface area contributed by atoms with Gasteiger partial charge in [-0.3, -0.25) is 4.79 Å². The van der Waals surface area contributed by atoms with E-state index >= 15 is 0 Å². The number of hydrogen-bond acceptors (Lipinski definition) is 2. The molecule has 0 spiro atoms. The number of alkyl halides is 3. The number of amides is 1. The zero-order chi connectivity index (χ0) is 19.7. The van der Waals surface area contributed by atoms with E-state index in [4.69, 9.17) is 0 Å². The van der Waals surface area contributed by atoms with Gasteiger partial charge >= 0.3 is 5.51 Å². The number of hydrogen-bond donors (Lipinski definition) is 2. The number of fused-ring (bicyclic) bond motifs is 1. The lowest BCUT2D eigenvalue weighted by atomic mass is 9.94. The zero-order valence-electron chi connectivity index (χ0n) is 14.9. The van der Waals surface area contributed by atoms with Crippen molar-refractivity contribution < 1.29 is 18.0 Å². The van der Waals surface area contributed by atoms with E-state index < -0.39 is 11.0 Å². The summed E-state index contributed by atoms with van der Waals surface area (Å²) in [6, 6.07) is 13.4. The average molecular weight is 392 g/mol. The third kappa shape index (κ3) is 5.07. The van der Waals surface area contributed by atoms with Gasteiger partial charge in [0.25, 0.3) is 5.91 Å². The summed E-state index contributed by atoms with van der Waals surface area (Å²) in [6.45, 7) is 3.83. The Hall–Kier alpha value is -2.41. The molecule has 27 heavy (non-hydrogen) atoms. The molecule has 0 radical (unpaired) electrons. The van der Waals surface area contributed by atoms with Crippen LogP contribution in [-0.4, -0.2) is 21.9 Å². The molecule has 1 amide bonds. The standard InChI is InChI=1S/C20H19F3N2OS/c1-19(2,11-14-12-24-17-6-4-3-5-16(14)17)25-18(26)13-7-9-15(10-8-13)27-20(21,22)23/h3-10,12,24H,11H2,1-2H3,(H,25,26). The molecule has 1 aromatic heterocycles. The maximum atomic E-state index is 12.5. The van der Waals surface area contributed by atoms with E-state index in [9.17, 15) is 18.0 Å². The van der Waals surface area contributed by atoms with E-state index in [1.165, 1.54) is 24.3 Å². The van der Waals surface area contributed by atoms with Crippen LogP contribution in [0.25, 0.3) is 10.9 Å². The predicted molar refractivity (Wildman–Crippen MR) is 102 cm³/mol. The lowest BCUT2D eigenvalue weighted by Gasteiger charge is -2.26. The van der Waals surface area contributed by atoms with Crippen molar-refractivity contribution in [2.45, 2.75) is 36.2 Å². The minimum absolute atomic E-state index is 0.0529. The van der Waals surface area contributed by atoms with Crippen LogP contribution in [-0.2, 0) is 6.42 Å². The molecule has 0 saturated carbocycles. The van der Waals surface area contributed by atoms with Crippen molar-refractivity contribution in [3.8, 4) is 0 Å². The highest BCUT2D eigenvalue weighted by molar-refractivity contribution is 8.00. The Kier molecular flexibility index (Phi) is 5.24. The SMILES string of the molecule is CC(C)(Cc1c[nH]c2ccccc12)NC(=O)c1ccc(SC(F)(F)F)cc1. The number of aromatic nitrogens is 1. The summed E-state index contributed by atoms with van der Waals surface area (Å²) in [6.07, 6.45) is 2.55. The second-order valence-electron chi connectivity index (χ2n) is 6.95. The maximum absolute atomic E-state index is 12.5. The number of halogens is 3. The Morgan fingerprint density at radius 2 is 1.74 bits per heavy atom. The van der Waals surface area contributed by atoms with Crippen molar-refractivity contribution in [3.63, 3.8) is 0 Å². The second-order valence-corrected chi connectivity index (χ2v) is 8.08. The van der Waals surface area contributed by atoms with Crippen molar-refractivity contribution in [1.82, 2.24) is 10.3 Å². The molecule has 2 N–H and O–H groups in total.